The minimum absolute atomic E-state index is 0.174. The van der Waals surface area contributed by atoms with E-state index >= 15 is 0 Å². The van der Waals surface area contributed by atoms with Crippen LogP contribution in [0.5, 0.6) is 0 Å². The van der Waals surface area contributed by atoms with Gasteiger partial charge in [-0.25, -0.2) is 9.97 Å². The van der Waals surface area contributed by atoms with Crippen molar-refractivity contribution in [1.29, 1.82) is 0 Å². The number of para-hydroxylation sites is 2. The number of fused-ring (bicyclic) bond motifs is 2. The number of nitrogens with zero attached hydrogens (tertiary/aromatic N) is 2. The molecule has 1 aliphatic rings. The fourth-order valence-corrected chi connectivity index (χ4v) is 3.80. The van der Waals surface area contributed by atoms with Crippen molar-refractivity contribution in [2.75, 3.05) is 11.9 Å². The molecule has 0 amide bonds. The summed E-state index contributed by atoms with van der Waals surface area (Å²) in [6.45, 7) is 0.582. The van der Waals surface area contributed by atoms with Gasteiger partial charge in [0.05, 0.1) is 27.8 Å². The van der Waals surface area contributed by atoms with Gasteiger partial charge in [0.15, 0.2) is 0 Å². The van der Waals surface area contributed by atoms with Gasteiger partial charge in [-0.15, -0.1) is 0 Å². The first-order valence-electron chi connectivity index (χ1n) is 9.17. The number of anilines is 1. The maximum Gasteiger partial charge on any atom is 0.416 e. The summed E-state index contributed by atoms with van der Waals surface area (Å²) >= 11 is 0. The zero-order chi connectivity index (χ0) is 19.0. The Kier molecular flexibility index (Phi) is 4.63. The monoisotopic (exact) mass is 374 g/mol. The molecule has 0 bridgehead atoms. The van der Waals surface area contributed by atoms with E-state index < -0.39 is 11.7 Å². The molecular weight excluding hydrogens is 353 g/mol. The quantitative estimate of drug-likeness (QED) is 0.651. The zero-order valence-electron chi connectivity index (χ0n) is 14.8. The van der Waals surface area contributed by atoms with Crippen molar-refractivity contribution in [1.82, 2.24) is 9.97 Å². The lowest BCUT2D eigenvalue weighted by atomic mass is 9.86. The SMILES string of the molecule is NC1CCCC(CNc2cc(C(F)(F)F)cc3nc4ccccc4nc23)C1. The molecule has 4 rings (SSSR count). The maximum absolute atomic E-state index is 13.4. The molecule has 3 N–H and O–H groups in total. The highest BCUT2D eigenvalue weighted by atomic mass is 19.4. The molecule has 1 saturated carbocycles. The minimum atomic E-state index is -4.44. The summed E-state index contributed by atoms with van der Waals surface area (Å²) in [7, 11) is 0. The Balaban J connectivity index is 1.74. The van der Waals surface area contributed by atoms with Crippen molar-refractivity contribution in [3.8, 4) is 0 Å². The largest absolute Gasteiger partial charge is 0.416 e. The molecule has 27 heavy (non-hydrogen) atoms. The number of nitrogens with two attached hydrogens (primary N) is 1. The number of rotatable bonds is 3. The number of nitrogens with one attached hydrogen (secondary N) is 1. The van der Waals surface area contributed by atoms with E-state index in [0.29, 0.717) is 34.7 Å². The van der Waals surface area contributed by atoms with Crippen molar-refractivity contribution in [2.45, 2.75) is 37.9 Å². The number of halogens is 3. The lowest BCUT2D eigenvalue weighted by Crippen LogP contribution is -2.31. The van der Waals surface area contributed by atoms with Crippen LogP contribution in [0.1, 0.15) is 31.2 Å². The molecule has 1 aliphatic carbocycles. The zero-order valence-corrected chi connectivity index (χ0v) is 14.8. The second-order valence-corrected chi connectivity index (χ2v) is 7.28. The lowest BCUT2D eigenvalue weighted by molar-refractivity contribution is -0.137. The molecule has 1 heterocycles. The van der Waals surface area contributed by atoms with Gasteiger partial charge in [-0.1, -0.05) is 18.6 Å². The standard InChI is InChI=1S/C20H21F3N4/c21-20(22,23)13-9-17(25-11-12-4-3-5-14(24)8-12)19-18(10-13)26-15-6-1-2-7-16(15)27-19/h1-2,6-7,9-10,12,14,25H,3-5,8,11,24H2. The summed E-state index contributed by atoms with van der Waals surface area (Å²) in [5, 5.41) is 3.20. The van der Waals surface area contributed by atoms with Gasteiger partial charge in [-0.3, -0.25) is 0 Å². The minimum Gasteiger partial charge on any atom is -0.383 e. The van der Waals surface area contributed by atoms with Crippen molar-refractivity contribution < 1.29 is 13.2 Å². The van der Waals surface area contributed by atoms with Crippen LogP contribution in [0.3, 0.4) is 0 Å². The van der Waals surface area contributed by atoms with E-state index in [1.165, 1.54) is 0 Å². The molecule has 1 aromatic heterocycles. The van der Waals surface area contributed by atoms with E-state index in [4.69, 9.17) is 5.73 Å². The van der Waals surface area contributed by atoms with Gasteiger partial charge in [0.1, 0.15) is 5.52 Å². The van der Waals surface area contributed by atoms with Crippen LogP contribution >= 0.6 is 0 Å². The highest BCUT2D eigenvalue weighted by Gasteiger charge is 2.32. The first-order valence-corrected chi connectivity index (χ1v) is 9.17. The van der Waals surface area contributed by atoms with Gasteiger partial charge in [-0.05, 0) is 49.4 Å². The average molecular weight is 374 g/mol. The molecule has 142 valence electrons. The number of benzene rings is 2. The van der Waals surface area contributed by atoms with Crippen molar-refractivity contribution >= 4 is 27.8 Å². The first kappa shape index (κ1) is 18.0. The van der Waals surface area contributed by atoms with Crippen LogP contribution < -0.4 is 11.1 Å². The molecule has 2 atom stereocenters. The fraction of sp³-hybridized carbons (Fsp3) is 0.400. The van der Waals surface area contributed by atoms with E-state index in [9.17, 15) is 13.2 Å². The van der Waals surface area contributed by atoms with Gasteiger partial charge in [0, 0.05) is 12.6 Å². The van der Waals surface area contributed by atoms with Crippen LogP contribution in [0.15, 0.2) is 36.4 Å². The predicted octanol–water partition coefficient (Wildman–Crippen LogP) is 4.73. The van der Waals surface area contributed by atoms with Crippen LogP contribution in [0, 0.1) is 5.92 Å². The van der Waals surface area contributed by atoms with E-state index in [2.05, 4.69) is 15.3 Å². The third-order valence-corrected chi connectivity index (χ3v) is 5.18. The van der Waals surface area contributed by atoms with E-state index in [1.807, 2.05) is 12.1 Å². The van der Waals surface area contributed by atoms with E-state index in [-0.39, 0.29) is 11.6 Å². The van der Waals surface area contributed by atoms with Crippen LogP contribution in [-0.2, 0) is 6.18 Å². The summed E-state index contributed by atoms with van der Waals surface area (Å²) in [6, 6.07) is 9.56. The maximum atomic E-state index is 13.4. The molecule has 3 aromatic rings. The van der Waals surface area contributed by atoms with Crippen molar-refractivity contribution in [2.24, 2.45) is 11.7 Å². The van der Waals surface area contributed by atoms with Gasteiger partial charge in [-0.2, -0.15) is 13.2 Å². The summed E-state index contributed by atoms with van der Waals surface area (Å²) in [4.78, 5) is 8.96. The van der Waals surface area contributed by atoms with E-state index in [0.717, 1.165) is 37.8 Å². The third-order valence-electron chi connectivity index (χ3n) is 5.18. The molecule has 0 spiro atoms. The second-order valence-electron chi connectivity index (χ2n) is 7.28. The van der Waals surface area contributed by atoms with Crippen LogP contribution in [0.25, 0.3) is 22.1 Å². The second kappa shape index (κ2) is 6.96. The highest BCUT2D eigenvalue weighted by molar-refractivity contribution is 5.94. The van der Waals surface area contributed by atoms with Gasteiger partial charge < -0.3 is 11.1 Å². The summed E-state index contributed by atoms with van der Waals surface area (Å²) in [5.74, 6) is 0.353. The number of alkyl halides is 3. The summed E-state index contributed by atoms with van der Waals surface area (Å²) in [6.07, 6.45) is -0.447. The molecule has 1 fully saturated rings. The Labute approximate surface area is 155 Å². The van der Waals surface area contributed by atoms with Gasteiger partial charge in [0.25, 0.3) is 0 Å². The van der Waals surface area contributed by atoms with Gasteiger partial charge in [0.2, 0.25) is 0 Å². The summed E-state index contributed by atoms with van der Waals surface area (Å²) < 4.78 is 40.1. The Morgan fingerprint density at radius 3 is 2.48 bits per heavy atom. The number of aromatic nitrogens is 2. The first-order chi connectivity index (χ1) is 12.9. The molecule has 2 unspecified atom stereocenters. The molecule has 0 saturated heterocycles. The third kappa shape index (κ3) is 3.83. The smallest absolute Gasteiger partial charge is 0.383 e. The molecule has 4 nitrogen and oxygen atoms in total. The van der Waals surface area contributed by atoms with Crippen LogP contribution in [-0.4, -0.2) is 22.6 Å². The van der Waals surface area contributed by atoms with Crippen molar-refractivity contribution in [3.05, 3.63) is 42.0 Å². The lowest BCUT2D eigenvalue weighted by Gasteiger charge is -2.27. The molecule has 2 aromatic carbocycles. The normalized spacial score (nSPS) is 20.9. The molecule has 7 heteroatoms. The molecular formula is C20H21F3N4. The molecule has 0 radical (unpaired) electrons. The summed E-state index contributed by atoms with van der Waals surface area (Å²) in [5.41, 5.74) is 7.62. The van der Waals surface area contributed by atoms with Crippen LogP contribution in [0.4, 0.5) is 18.9 Å². The predicted molar refractivity (Wildman–Crippen MR) is 100 cm³/mol. The Morgan fingerprint density at radius 1 is 1.04 bits per heavy atom. The Bertz CT molecular complexity index is 970. The average Bonchev–Trinajstić information content (AvgIpc) is 2.63. The topological polar surface area (TPSA) is 63.8 Å². The van der Waals surface area contributed by atoms with Gasteiger partial charge >= 0.3 is 6.18 Å². The number of hydrogen-bond donors (Lipinski definition) is 2. The van der Waals surface area contributed by atoms with Crippen molar-refractivity contribution in [3.63, 3.8) is 0 Å². The highest BCUT2D eigenvalue weighted by Crippen LogP contribution is 2.35. The fourth-order valence-electron chi connectivity index (χ4n) is 3.80. The van der Waals surface area contributed by atoms with Crippen LogP contribution in [0.2, 0.25) is 0 Å². The van der Waals surface area contributed by atoms with E-state index in [1.54, 1.807) is 12.1 Å². The Hall–Kier alpha value is -2.41. The number of hydrogen-bond acceptors (Lipinski definition) is 4. The Morgan fingerprint density at radius 2 is 1.78 bits per heavy atom. The molecule has 0 aliphatic heterocycles.